The van der Waals surface area contributed by atoms with Gasteiger partial charge in [-0.15, -0.1) is 11.3 Å². The van der Waals surface area contributed by atoms with Crippen molar-refractivity contribution < 1.29 is 26.4 Å². The standard InChI is InChI=1S/C11H7F3N2O3S2/c12-6-1-2-8(15-5-6)16-10(17)9-7(3-4-20-9)21(18,19)11(13)14/h1-5,11H,(H,15,16,17). The van der Waals surface area contributed by atoms with E-state index in [-0.39, 0.29) is 10.7 Å². The Morgan fingerprint density at radius 2 is 2.00 bits per heavy atom. The highest BCUT2D eigenvalue weighted by molar-refractivity contribution is 7.92. The second-order valence-electron chi connectivity index (χ2n) is 3.74. The van der Waals surface area contributed by atoms with Crippen molar-refractivity contribution in [3.63, 3.8) is 0 Å². The number of halogens is 3. The first-order valence-electron chi connectivity index (χ1n) is 5.35. The molecule has 0 bridgehead atoms. The van der Waals surface area contributed by atoms with Gasteiger partial charge < -0.3 is 5.32 Å². The number of carbonyl (C=O) groups excluding carboxylic acids is 1. The van der Waals surface area contributed by atoms with Crippen LogP contribution >= 0.6 is 11.3 Å². The molecule has 0 fully saturated rings. The first-order chi connectivity index (χ1) is 9.82. The molecule has 0 saturated carbocycles. The topological polar surface area (TPSA) is 76.1 Å². The average Bonchev–Trinajstić information content (AvgIpc) is 2.91. The summed E-state index contributed by atoms with van der Waals surface area (Å²) < 4.78 is 60.6. The van der Waals surface area contributed by atoms with Gasteiger partial charge >= 0.3 is 5.76 Å². The molecule has 2 aromatic rings. The SMILES string of the molecule is O=C(Nc1ccc(F)cn1)c1sccc1S(=O)(=O)C(F)F. The lowest BCUT2D eigenvalue weighted by Gasteiger charge is -2.06. The summed E-state index contributed by atoms with van der Waals surface area (Å²) in [5.74, 6) is -5.19. The summed E-state index contributed by atoms with van der Waals surface area (Å²) in [6.45, 7) is 0. The number of amides is 1. The van der Waals surface area contributed by atoms with Crippen LogP contribution in [0.5, 0.6) is 0 Å². The fourth-order valence-corrected chi connectivity index (χ4v) is 3.47. The summed E-state index contributed by atoms with van der Waals surface area (Å²) in [6, 6.07) is 3.12. The van der Waals surface area contributed by atoms with E-state index in [1.54, 1.807) is 0 Å². The second kappa shape index (κ2) is 5.82. The van der Waals surface area contributed by atoms with E-state index >= 15 is 0 Å². The molecule has 2 rings (SSSR count). The Morgan fingerprint density at radius 1 is 1.29 bits per heavy atom. The maximum Gasteiger partial charge on any atom is 0.341 e. The van der Waals surface area contributed by atoms with Crippen molar-refractivity contribution in [2.75, 3.05) is 5.32 Å². The number of pyridine rings is 1. The first-order valence-corrected chi connectivity index (χ1v) is 7.77. The van der Waals surface area contributed by atoms with Gasteiger partial charge in [-0.05, 0) is 23.6 Å². The molecule has 0 aliphatic carbocycles. The molecule has 2 aromatic heterocycles. The maximum absolute atomic E-state index is 12.7. The zero-order valence-electron chi connectivity index (χ0n) is 10.1. The summed E-state index contributed by atoms with van der Waals surface area (Å²) in [5.41, 5.74) is 0. The van der Waals surface area contributed by atoms with Crippen molar-refractivity contribution in [2.45, 2.75) is 10.7 Å². The highest BCUT2D eigenvalue weighted by Gasteiger charge is 2.32. The summed E-state index contributed by atoms with van der Waals surface area (Å²) in [5, 5.41) is 3.42. The van der Waals surface area contributed by atoms with Crippen LogP contribution in [0.4, 0.5) is 19.0 Å². The van der Waals surface area contributed by atoms with Gasteiger partial charge in [0.15, 0.2) is 0 Å². The third-order valence-corrected chi connectivity index (χ3v) is 4.81. The number of aromatic nitrogens is 1. The van der Waals surface area contributed by atoms with Crippen LogP contribution < -0.4 is 5.32 Å². The molecule has 21 heavy (non-hydrogen) atoms. The number of anilines is 1. The van der Waals surface area contributed by atoms with Gasteiger partial charge in [-0.3, -0.25) is 4.79 Å². The predicted molar refractivity (Wildman–Crippen MR) is 69.7 cm³/mol. The Labute approximate surface area is 121 Å². The number of nitrogens with one attached hydrogen (secondary N) is 1. The Balaban J connectivity index is 2.29. The van der Waals surface area contributed by atoms with E-state index in [9.17, 15) is 26.4 Å². The van der Waals surface area contributed by atoms with Crippen molar-refractivity contribution in [1.29, 1.82) is 0 Å². The number of rotatable bonds is 4. The molecular formula is C11H7F3N2O3S2. The van der Waals surface area contributed by atoms with Crippen LogP contribution in [0.3, 0.4) is 0 Å². The average molecular weight is 336 g/mol. The fraction of sp³-hybridized carbons (Fsp3) is 0.0909. The van der Waals surface area contributed by atoms with Crippen molar-refractivity contribution in [2.24, 2.45) is 0 Å². The Morgan fingerprint density at radius 3 is 2.57 bits per heavy atom. The Hall–Kier alpha value is -1.94. The molecule has 5 nitrogen and oxygen atoms in total. The van der Waals surface area contributed by atoms with Crippen molar-refractivity contribution in [1.82, 2.24) is 4.98 Å². The van der Waals surface area contributed by atoms with Crippen LogP contribution in [-0.4, -0.2) is 25.1 Å². The van der Waals surface area contributed by atoms with Gasteiger partial charge in [-0.1, -0.05) is 0 Å². The van der Waals surface area contributed by atoms with Crippen molar-refractivity contribution in [3.8, 4) is 0 Å². The van der Waals surface area contributed by atoms with Crippen LogP contribution in [0.2, 0.25) is 0 Å². The molecule has 10 heteroatoms. The first kappa shape index (κ1) is 15.4. The van der Waals surface area contributed by atoms with Crippen molar-refractivity contribution >= 4 is 32.9 Å². The van der Waals surface area contributed by atoms with E-state index in [1.807, 2.05) is 0 Å². The van der Waals surface area contributed by atoms with E-state index in [0.717, 1.165) is 24.4 Å². The smallest absolute Gasteiger partial charge is 0.306 e. The lowest BCUT2D eigenvalue weighted by Crippen LogP contribution is -2.18. The van der Waals surface area contributed by atoms with Gasteiger partial charge in [0.2, 0.25) is 9.84 Å². The molecule has 0 aliphatic rings. The van der Waals surface area contributed by atoms with Crippen LogP contribution in [0, 0.1) is 5.82 Å². The minimum atomic E-state index is -4.87. The molecular weight excluding hydrogens is 329 g/mol. The van der Waals surface area contributed by atoms with E-state index in [4.69, 9.17) is 0 Å². The van der Waals surface area contributed by atoms with Crippen LogP contribution in [0.15, 0.2) is 34.7 Å². The molecule has 0 unspecified atom stereocenters. The molecule has 0 aromatic carbocycles. The number of sulfone groups is 1. The highest BCUT2D eigenvalue weighted by atomic mass is 32.2. The molecule has 0 radical (unpaired) electrons. The van der Waals surface area contributed by atoms with Crippen LogP contribution in [0.25, 0.3) is 0 Å². The molecule has 0 saturated heterocycles. The summed E-state index contributed by atoms with van der Waals surface area (Å²) in [6.07, 6.45) is 0.848. The van der Waals surface area contributed by atoms with Gasteiger partial charge in [0.05, 0.1) is 11.1 Å². The number of carbonyl (C=O) groups is 1. The minimum absolute atomic E-state index is 0.0322. The second-order valence-corrected chi connectivity index (χ2v) is 6.54. The van der Waals surface area contributed by atoms with Gasteiger partial charge in [0.1, 0.15) is 16.5 Å². The maximum atomic E-state index is 12.7. The molecule has 0 aliphatic heterocycles. The van der Waals surface area contributed by atoms with Gasteiger partial charge in [0.25, 0.3) is 5.91 Å². The molecule has 1 N–H and O–H groups in total. The Bertz CT molecular complexity index is 757. The van der Waals surface area contributed by atoms with Gasteiger partial charge in [-0.25, -0.2) is 17.8 Å². The molecule has 0 atom stereocenters. The van der Waals surface area contributed by atoms with E-state index in [1.165, 1.54) is 5.38 Å². The largest absolute Gasteiger partial charge is 0.341 e. The van der Waals surface area contributed by atoms with E-state index in [0.29, 0.717) is 11.3 Å². The van der Waals surface area contributed by atoms with Crippen molar-refractivity contribution in [3.05, 3.63) is 40.5 Å². The molecule has 2 heterocycles. The normalized spacial score (nSPS) is 11.6. The van der Waals surface area contributed by atoms with Gasteiger partial charge in [0, 0.05) is 0 Å². The van der Waals surface area contributed by atoms with Gasteiger partial charge in [-0.2, -0.15) is 8.78 Å². The highest BCUT2D eigenvalue weighted by Crippen LogP contribution is 2.27. The molecule has 112 valence electrons. The number of alkyl halides is 2. The quantitative estimate of drug-likeness (QED) is 0.931. The lowest BCUT2D eigenvalue weighted by molar-refractivity contribution is 0.102. The molecule has 0 spiro atoms. The third kappa shape index (κ3) is 3.22. The summed E-state index contributed by atoms with van der Waals surface area (Å²) in [7, 11) is -4.87. The summed E-state index contributed by atoms with van der Waals surface area (Å²) in [4.78, 5) is 14.3. The number of nitrogens with zero attached hydrogens (tertiary/aromatic N) is 1. The minimum Gasteiger partial charge on any atom is -0.306 e. The van der Waals surface area contributed by atoms with E-state index in [2.05, 4.69) is 10.3 Å². The monoisotopic (exact) mass is 336 g/mol. The zero-order valence-corrected chi connectivity index (χ0v) is 11.7. The zero-order chi connectivity index (χ0) is 15.6. The fourth-order valence-electron chi connectivity index (χ4n) is 1.41. The predicted octanol–water partition coefficient (Wildman–Crippen LogP) is 2.53. The molecule has 1 amide bonds. The Kier molecular flexibility index (Phi) is 4.28. The van der Waals surface area contributed by atoms with E-state index < -0.39 is 32.2 Å². The summed E-state index contributed by atoms with van der Waals surface area (Å²) >= 11 is 0.698. The number of hydrogen-bond acceptors (Lipinski definition) is 5. The number of thiophene rings is 1. The lowest BCUT2D eigenvalue weighted by atomic mass is 10.4. The third-order valence-electron chi connectivity index (χ3n) is 2.35. The van der Waals surface area contributed by atoms with Crippen LogP contribution in [0.1, 0.15) is 9.67 Å². The number of hydrogen-bond donors (Lipinski definition) is 1. The van der Waals surface area contributed by atoms with Crippen LogP contribution in [-0.2, 0) is 9.84 Å².